The van der Waals surface area contributed by atoms with Gasteiger partial charge in [0.2, 0.25) is 0 Å². The second kappa shape index (κ2) is 37.7. The lowest BCUT2D eigenvalue weighted by molar-refractivity contribution is 0.503. The predicted molar refractivity (Wildman–Crippen MR) is 631 cm³/mol. The van der Waals surface area contributed by atoms with E-state index in [1.807, 2.05) is 0 Å². The third kappa shape index (κ3) is 17.4. The van der Waals surface area contributed by atoms with Crippen LogP contribution in [0.2, 0.25) is 19.1 Å². The fraction of sp³-hybridized carbons (Fsp3) is 0.171. The predicted octanol–water partition coefficient (Wildman–Crippen LogP) is 38.2. The smallest absolute Gasteiger partial charge is 0.0806 e. The standard InChI is InChI=1S/C140H130N4SSi/c1-135(2,3)101-59-71-110(72-60-101)142(112-79-85-119(86-80-112)145(12,13)14)118-84-90-126-128(94-118)140(107-47-31-21-32-48-107,108-49-33-22-34-50-108)130-96-132(122-52-36-38-54-124(122)134(126)130)144(115-75-63-103(64-76-115)137(7,8)9)116-81-87-120(88-82-116)146(15,16)92-91-138(10,11)104-65-77-111(78-66-104)141(109-67-55-99(56-68-109)97-39-23-17-24-40-97)117-83-89-125-127(93-117)139(105-43-27-19-28-44-105,106-45-29-20-30-46-106)129-95-131(121-51-35-37-53-123(121)133(125)129)143(114-73-61-102(62-74-114)136(4,5)6)113-69-57-100(58-70-113)98-41-25-18-26-42-98/h17-90,93-96H,91-92H2,1-16H3. The third-order valence-electron chi connectivity index (χ3n) is 31.5. The summed E-state index contributed by atoms with van der Waals surface area (Å²) in [6.07, 6.45) is 8.16. The lowest BCUT2D eigenvalue weighted by Gasteiger charge is -2.36. The molecule has 146 heavy (non-hydrogen) atoms. The van der Waals surface area contributed by atoms with E-state index in [1.165, 1.54) is 143 Å². The normalized spacial score (nSPS) is 13.3. The van der Waals surface area contributed by atoms with Gasteiger partial charge < -0.3 is 19.6 Å². The van der Waals surface area contributed by atoms with Gasteiger partial charge in [-0.15, -0.1) is 0 Å². The van der Waals surface area contributed by atoms with Gasteiger partial charge in [-0.2, -0.15) is 0 Å². The van der Waals surface area contributed by atoms with Gasteiger partial charge in [0.15, 0.2) is 0 Å². The summed E-state index contributed by atoms with van der Waals surface area (Å²) in [7, 11) is -3.16. The minimum atomic E-state index is -2.18. The SMILES string of the molecule is CC(C)(C)c1ccc(N(c2ccc(S(C)(C)C)cc2)c2ccc3c(c2)C(c2ccccc2)(c2ccccc2)c2cc(N(c4ccc(C(C)(C)C)cc4)c4ccc([Si](C)(C)CCC(C)(C)c5ccc(N(c6ccc(-c7ccccc7)cc6)c6ccc7c(c6)C(c6ccccc6)(c6ccccc6)c6cc(N(c8ccc(-c9ccccc9)cc8)c8ccc(C(C)(C)C)cc8)c8ccccc8c6-7)cc5)cc4)c4ccccc4c2-3)cc1. The van der Waals surface area contributed by atoms with Crippen molar-refractivity contribution < 1.29 is 0 Å². The van der Waals surface area contributed by atoms with Crippen LogP contribution in [-0.2, 0) is 32.5 Å². The zero-order valence-electron chi connectivity index (χ0n) is 87.1. The fourth-order valence-electron chi connectivity index (χ4n) is 23.3. The Bertz CT molecular complexity index is 8010. The van der Waals surface area contributed by atoms with Crippen molar-refractivity contribution in [2.24, 2.45) is 0 Å². The summed E-state index contributed by atoms with van der Waals surface area (Å²) < 4.78 is 0. The van der Waals surface area contributed by atoms with Gasteiger partial charge >= 0.3 is 0 Å². The van der Waals surface area contributed by atoms with Gasteiger partial charge in [-0.25, -0.2) is 10.0 Å². The molecule has 0 aliphatic heterocycles. The molecule has 0 aromatic heterocycles. The molecule has 2 aliphatic carbocycles. The van der Waals surface area contributed by atoms with Crippen LogP contribution in [0.1, 0.15) is 149 Å². The molecule has 0 fully saturated rings. The summed E-state index contributed by atoms with van der Waals surface area (Å²) in [5.74, 6) is 0. The van der Waals surface area contributed by atoms with Crippen molar-refractivity contribution in [2.75, 3.05) is 38.4 Å². The molecular weight excluding hydrogens is 1800 g/mol. The molecule has 0 unspecified atom stereocenters. The van der Waals surface area contributed by atoms with Gasteiger partial charge in [-0.05, 0) is 319 Å². The van der Waals surface area contributed by atoms with Crippen LogP contribution in [0.25, 0.3) is 66.1 Å². The van der Waals surface area contributed by atoms with E-state index in [4.69, 9.17) is 0 Å². The number of anilines is 12. The highest BCUT2D eigenvalue weighted by molar-refractivity contribution is 8.32. The maximum Gasteiger partial charge on any atom is 0.0806 e. The van der Waals surface area contributed by atoms with Crippen molar-refractivity contribution in [1.82, 2.24) is 0 Å². The first-order chi connectivity index (χ1) is 70.4. The Labute approximate surface area is 868 Å². The van der Waals surface area contributed by atoms with Crippen molar-refractivity contribution in [1.29, 1.82) is 0 Å². The molecule has 20 aromatic carbocycles. The zero-order chi connectivity index (χ0) is 101. The molecule has 0 N–H and O–H groups in total. The molecule has 4 nitrogen and oxygen atoms in total. The Hall–Kier alpha value is -15.3. The van der Waals surface area contributed by atoms with Crippen molar-refractivity contribution in [3.63, 3.8) is 0 Å². The molecule has 0 spiro atoms. The number of benzene rings is 20. The molecule has 22 rings (SSSR count). The zero-order valence-corrected chi connectivity index (χ0v) is 89.0. The Kier molecular flexibility index (Phi) is 24.7. The lowest BCUT2D eigenvalue weighted by Crippen LogP contribution is -2.42. The van der Waals surface area contributed by atoms with E-state index >= 15 is 0 Å². The highest BCUT2D eigenvalue weighted by atomic mass is 32.3. The van der Waals surface area contributed by atoms with E-state index in [-0.39, 0.29) is 21.7 Å². The molecular formula is C140H130N4SSi. The van der Waals surface area contributed by atoms with Crippen LogP contribution < -0.4 is 24.8 Å². The average molecular weight is 1930 g/mol. The van der Waals surface area contributed by atoms with Gasteiger partial charge in [0, 0.05) is 67.6 Å². The first-order valence-corrected chi connectivity index (χ1v) is 58.0. The van der Waals surface area contributed by atoms with Crippen molar-refractivity contribution in [2.45, 2.75) is 139 Å². The second-order valence-corrected chi connectivity index (χ2v) is 54.4. The van der Waals surface area contributed by atoms with Crippen molar-refractivity contribution in [3.05, 3.63) is 540 Å². The Balaban J connectivity index is 0.627. The highest BCUT2D eigenvalue weighted by Gasteiger charge is 2.51. The van der Waals surface area contributed by atoms with Crippen LogP contribution in [0.5, 0.6) is 0 Å². The monoisotopic (exact) mass is 1930 g/mol. The summed E-state index contributed by atoms with van der Waals surface area (Å²) in [5, 5.41) is 6.23. The molecule has 6 heteroatoms. The number of rotatable bonds is 24. The minimum absolute atomic E-state index is 0.00698. The Morgan fingerprint density at radius 1 is 0.233 bits per heavy atom. The molecule has 0 atom stereocenters. The molecule has 0 heterocycles. The molecule has 0 amide bonds. The Morgan fingerprint density at radius 2 is 0.486 bits per heavy atom. The fourth-order valence-corrected chi connectivity index (χ4v) is 26.8. The lowest BCUT2D eigenvalue weighted by atomic mass is 9.67. The van der Waals surface area contributed by atoms with Crippen LogP contribution in [0.15, 0.2) is 478 Å². The van der Waals surface area contributed by atoms with E-state index in [2.05, 4.69) is 601 Å². The van der Waals surface area contributed by atoms with Gasteiger partial charge in [0.1, 0.15) is 0 Å². The molecule has 0 saturated heterocycles. The van der Waals surface area contributed by atoms with Crippen LogP contribution in [0.3, 0.4) is 0 Å². The topological polar surface area (TPSA) is 13.0 Å². The number of hydrogen-bond donors (Lipinski definition) is 0. The molecule has 0 saturated carbocycles. The summed E-state index contributed by atoms with van der Waals surface area (Å²) in [6, 6.07) is 182. The van der Waals surface area contributed by atoms with Crippen LogP contribution in [0, 0.1) is 0 Å². The molecule has 0 bridgehead atoms. The van der Waals surface area contributed by atoms with E-state index in [0.717, 1.165) is 80.7 Å². The minimum Gasteiger partial charge on any atom is -0.310 e. The quantitative estimate of drug-likeness (QED) is 0.0559. The van der Waals surface area contributed by atoms with E-state index in [0.29, 0.717) is 0 Å². The third-order valence-corrected chi connectivity index (χ3v) is 36.5. The van der Waals surface area contributed by atoms with Crippen LogP contribution in [0.4, 0.5) is 68.2 Å². The summed E-state index contributed by atoms with van der Waals surface area (Å²) >= 11 is 0. The first-order valence-electron chi connectivity index (χ1n) is 51.9. The molecule has 720 valence electrons. The van der Waals surface area contributed by atoms with Crippen molar-refractivity contribution >= 4 is 113 Å². The van der Waals surface area contributed by atoms with E-state index in [9.17, 15) is 0 Å². The van der Waals surface area contributed by atoms with E-state index in [1.54, 1.807) is 0 Å². The summed E-state index contributed by atoms with van der Waals surface area (Å²) in [4.78, 5) is 11.5. The summed E-state index contributed by atoms with van der Waals surface area (Å²) in [6.45, 7) is 30.9. The first kappa shape index (κ1) is 95.5. The Morgan fingerprint density at radius 3 is 0.795 bits per heavy atom. The maximum atomic E-state index is 2.59. The van der Waals surface area contributed by atoms with Gasteiger partial charge in [-0.1, -0.05) is 428 Å². The highest BCUT2D eigenvalue weighted by Crippen LogP contribution is 2.64. The van der Waals surface area contributed by atoms with Gasteiger partial charge in [0.25, 0.3) is 0 Å². The van der Waals surface area contributed by atoms with Gasteiger partial charge in [0.05, 0.1) is 30.3 Å². The number of nitrogens with zero attached hydrogens (tertiary/aromatic N) is 4. The van der Waals surface area contributed by atoms with Crippen molar-refractivity contribution in [3.8, 4) is 44.5 Å². The van der Waals surface area contributed by atoms with E-state index < -0.39 is 28.9 Å². The van der Waals surface area contributed by atoms with Crippen LogP contribution in [-0.4, -0.2) is 26.8 Å². The summed E-state index contributed by atoms with van der Waals surface area (Å²) in [5.41, 5.74) is 36.1. The largest absolute Gasteiger partial charge is 0.310 e. The molecule has 20 aromatic rings. The molecule has 2 aliphatic rings. The number of hydrogen-bond acceptors (Lipinski definition) is 4. The van der Waals surface area contributed by atoms with Crippen LogP contribution >= 0.6 is 10.0 Å². The maximum absolute atomic E-state index is 2.59. The molecule has 0 radical (unpaired) electrons. The average Bonchev–Trinajstić information content (AvgIpc) is 1.52. The second-order valence-electron chi connectivity index (χ2n) is 45.4. The van der Waals surface area contributed by atoms with Gasteiger partial charge in [-0.3, -0.25) is 0 Å². The number of fused-ring (bicyclic) bond motifs is 10.